The molecule has 1 aliphatic rings. The van der Waals surface area contributed by atoms with Crippen molar-refractivity contribution in [1.29, 1.82) is 0 Å². The molecule has 0 radical (unpaired) electrons. The van der Waals surface area contributed by atoms with Gasteiger partial charge in [-0.1, -0.05) is 272 Å². The predicted molar refractivity (Wildman–Crippen MR) is 374 cm³/mol. The van der Waals surface area contributed by atoms with E-state index in [1.807, 2.05) is 63.2 Å². The number of imidazole rings is 1. The molecule has 0 N–H and O–H groups in total. The number of para-hydroxylation sites is 4. The molecule has 11 aromatic carbocycles. The minimum atomic E-state index is -6.64. The molecule has 0 spiro atoms. The van der Waals surface area contributed by atoms with E-state index < -0.39 is 252 Å². The standard InChI is InChI=1S/C84H70N4OSi.Pt/c1-57-48-80(85-54-73(57)58-26-22-28-61(49-58)82(2,3)4)88-76-41-19-18-38-71(76)72-46-45-64(53-79(72)88)89-63-30-24-29-62(52-63)86-56-87(78-43-21-20-42-77(78)86)81-69(39-25-40-70(81)60-44-47-74-75(51-60)84(7,8)55-83(74,5)6)59-27-23-37-68(50-59)90(65-31-12-9-13-32-65,66-33-14-10-15-34-66)67-35-16-11-17-36-67;/h9-51,54H,55H2,1-8H3;/q-2;/i1D3,5D3,6D3,7D3,8D3,9D,10D,11D,12D,13D,14D,15D,16D,17D,23D,27D,31D,32D,33D,34D,35D,36D,37D,44D,47D,50D,51D;. The maximum atomic E-state index is 11.0. The molecule has 0 bridgehead atoms. The van der Waals surface area contributed by atoms with Gasteiger partial charge in [0.1, 0.15) is 5.82 Å². The first kappa shape index (κ1) is 30.6. The Labute approximate surface area is 602 Å². The molecule has 15 rings (SSSR count). The first-order valence-electron chi connectivity index (χ1n) is 46.9. The van der Waals surface area contributed by atoms with Crippen LogP contribution in [0.4, 0.5) is 0 Å². The van der Waals surface area contributed by atoms with E-state index in [0.717, 1.165) is 33.7 Å². The van der Waals surface area contributed by atoms with Crippen LogP contribution in [0.3, 0.4) is 0 Å². The molecule has 0 amide bonds. The van der Waals surface area contributed by atoms with Crippen LogP contribution in [0.1, 0.15) is 128 Å². The van der Waals surface area contributed by atoms with Crippen LogP contribution in [-0.2, 0) is 37.3 Å². The number of benzene rings is 11. The Morgan fingerprint density at radius 2 is 1.20 bits per heavy atom. The van der Waals surface area contributed by atoms with E-state index in [2.05, 4.69) is 18.5 Å². The summed E-state index contributed by atoms with van der Waals surface area (Å²) in [7, 11) is -6.64. The average molecular weight is 1410 g/mol. The number of hydrogen-bond donors (Lipinski definition) is 0. The van der Waals surface area contributed by atoms with Crippen molar-refractivity contribution in [2.24, 2.45) is 0 Å². The van der Waals surface area contributed by atoms with E-state index in [1.165, 1.54) is 53.2 Å². The van der Waals surface area contributed by atoms with Crippen molar-refractivity contribution in [3.63, 3.8) is 0 Å². The first-order chi connectivity index (χ1) is 59.0. The third kappa shape index (κ3) is 10.3. The molecule has 0 saturated carbocycles. The van der Waals surface area contributed by atoms with Gasteiger partial charge in [0.25, 0.3) is 6.33 Å². The fourth-order valence-electron chi connectivity index (χ4n) is 11.9. The van der Waals surface area contributed by atoms with E-state index in [9.17, 15) is 26.0 Å². The zero-order chi connectivity index (χ0) is 93.2. The largest absolute Gasteiger partial charge is 0.510 e. The summed E-state index contributed by atoms with van der Waals surface area (Å²) in [6.45, 7) is -12.5. The van der Waals surface area contributed by atoms with Crippen molar-refractivity contribution in [3.8, 4) is 62.1 Å². The Kier molecular flexibility index (Phi) is 7.76. The van der Waals surface area contributed by atoms with Crippen LogP contribution >= 0.6 is 0 Å². The zero-order valence-electron chi connectivity index (χ0n) is 85.4. The van der Waals surface area contributed by atoms with Crippen LogP contribution in [0.2, 0.25) is 0 Å². The van der Waals surface area contributed by atoms with Crippen molar-refractivity contribution in [2.75, 3.05) is 0 Å². The number of pyridine rings is 1. The maximum absolute atomic E-state index is 11.0. The van der Waals surface area contributed by atoms with Gasteiger partial charge in [0.15, 0.2) is 8.07 Å². The summed E-state index contributed by atoms with van der Waals surface area (Å²) in [6.07, 6.45) is 2.90. The van der Waals surface area contributed by atoms with Gasteiger partial charge in [0, 0.05) is 70.4 Å². The van der Waals surface area contributed by atoms with Gasteiger partial charge in [-0.15, -0.1) is 29.7 Å². The topological polar surface area (TPSA) is 35.9 Å². The number of ether oxygens (including phenoxy) is 1. The third-order valence-electron chi connectivity index (χ3n) is 16.1. The van der Waals surface area contributed by atoms with Gasteiger partial charge in [0.05, 0.1) is 46.9 Å². The average Bonchev–Trinajstić information content (AvgIpc) is 1.59. The molecule has 0 fully saturated rings. The van der Waals surface area contributed by atoms with Crippen molar-refractivity contribution in [2.45, 2.75) is 77.7 Å². The molecule has 448 valence electrons. The van der Waals surface area contributed by atoms with E-state index in [1.54, 1.807) is 28.8 Å². The monoisotopic (exact) mass is 1410 g/mol. The molecule has 3 aromatic heterocycles. The Bertz CT molecular complexity index is 6780. The molecule has 0 saturated heterocycles. The first-order valence-corrected chi connectivity index (χ1v) is 30.4. The molecule has 5 nitrogen and oxygen atoms in total. The Morgan fingerprint density at radius 1 is 0.560 bits per heavy atom. The third-order valence-corrected chi connectivity index (χ3v) is 20.1. The van der Waals surface area contributed by atoms with Gasteiger partial charge in [-0.2, -0.15) is 18.2 Å². The van der Waals surface area contributed by atoms with E-state index >= 15 is 0 Å². The van der Waals surface area contributed by atoms with E-state index in [0.29, 0.717) is 27.5 Å². The SMILES string of the molecule is [2H]c1c([2H])c([2H])c([Si](c2c([2H])c([2H])c([2H])c([2H])c2[2H])(c2c([2H])c([2H])c([2H])c([2H])c2[2H])c2c([2H])c([2H])c([2H])c(-c3cccc(-c4c([2H])c([2H])c5c(c4[2H])C(C([2H])([2H])[2H])(C([2H])([2H])[2H])CC5(C([2H])([2H])[2H])C([2H])([2H])[2H])c3-[n+]3[c-]n(-c4[c-]c(Oc5[c-]c6c(cc5)c5ccccc5n6-c5cc(C([2H])([2H])[2H])c(-c6cccc(C(C)(C)C)c6)cn5)ccc4)c4ccccc43)c2[2H])c([2H])c1[2H].[Pt]. The van der Waals surface area contributed by atoms with Crippen LogP contribution in [-0.4, -0.2) is 22.2 Å². The summed E-state index contributed by atoms with van der Waals surface area (Å²) in [6, 6.07) is 12.1. The van der Waals surface area contributed by atoms with Gasteiger partial charge in [-0.3, -0.25) is 4.57 Å². The molecule has 0 unspecified atom stereocenters. The minimum Gasteiger partial charge on any atom is -0.510 e. The summed E-state index contributed by atoms with van der Waals surface area (Å²) < 4.78 is 359. The Balaban J connectivity index is 0.0000133. The number of aromatic nitrogens is 4. The Hall–Kier alpha value is -9.45. The summed E-state index contributed by atoms with van der Waals surface area (Å²) in [5, 5.41) is -3.46. The van der Waals surface area contributed by atoms with E-state index in [-0.39, 0.29) is 66.1 Å². The van der Waals surface area contributed by atoms with Gasteiger partial charge in [0.2, 0.25) is 0 Å². The smallest absolute Gasteiger partial charge is 0.268 e. The van der Waals surface area contributed by atoms with Crippen LogP contribution in [0.15, 0.2) is 267 Å². The van der Waals surface area contributed by atoms with Gasteiger partial charge < -0.3 is 13.9 Å². The van der Waals surface area contributed by atoms with Crippen molar-refractivity contribution >= 4 is 61.7 Å². The molecule has 0 aliphatic heterocycles. The summed E-state index contributed by atoms with van der Waals surface area (Å²) in [5.41, 5.74) is -11.1. The van der Waals surface area contributed by atoms with Crippen LogP contribution in [0.25, 0.3) is 83.4 Å². The Morgan fingerprint density at radius 3 is 1.90 bits per heavy atom. The molecule has 3 heterocycles. The van der Waals surface area contributed by atoms with Gasteiger partial charge in [-0.05, 0) is 124 Å². The number of nitrogens with zero attached hydrogens (tertiary/aromatic N) is 4. The van der Waals surface area contributed by atoms with Crippen molar-refractivity contribution < 1.29 is 81.1 Å². The fourth-order valence-corrected chi connectivity index (χ4v) is 15.5. The van der Waals surface area contributed by atoms with Gasteiger partial charge >= 0.3 is 0 Å². The molecule has 0 atom stereocenters. The number of aryl methyl sites for hydroxylation is 1. The molecular weight excluding hydrogens is 1300 g/mol. The summed E-state index contributed by atoms with van der Waals surface area (Å²) >= 11 is 0. The van der Waals surface area contributed by atoms with E-state index in [4.69, 9.17) is 34.4 Å². The quantitative estimate of drug-likeness (QED) is 0.0529. The number of rotatable bonds is 12. The normalized spacial score (nSPS) is 20.1. The zero-order valence-corrected chi connectivity index (χ0v) is 51.7. The predicted octanol–water partition coefficient (Wildman–Crippen LogP) is 17.5. The second kappa shape index (κ2) is 23.1. The van der Waals surface area contributed by atoms with Crippen molar-refractivity contribution in [3.05, 3.63) is 307 Å². The molecule has 91 heavy (non-hydrogen) atoms. The second-order valence-electron chi connectivity index (χ2n) is 22.8. The van der Waals surface area contributed by atoms with Crippen LogP contribution < -0.4 is 30.1 Å². The number of fused-ring (bicyclic) bond motifs is 5. The van der Waals surface area contributed by atoms with Gasteiger partial charge in [-0.25, -0.2) is 4.98 Å². The molecule has 7 heteroatoms. The molecular formula is C84H70N4OPtSi-2. The summed E-state index contributed by atoms with van der Waals surface area (Å²) in [4.78, 5) is 4.90. The van der Waals surface area contributed by atoms with Crippen molar-refractivity contribution in [1.82, 2.24) is 14.1 Å². The molecule has 1 aliphatic carbocycles. The fraction of sp³-hybridized carbons (Fsp3) is 0.143. The van der Waals surface area contributed by atoms with Crippen LogP contribution in [0, 0.1) is 25.3 Å². The second-order valence-corrected chi connectivity index (χ2v) is 26.3. The minimum absolute atomic E-state index is 0. The summed E-state index contributed by atoms with van der Waals surface area (Å²) in [5.74, 6) is 0.269. The van der Waals surface area contributed by atoms with Crippen LogP contribution in [0.5, 0.6) is 11.5 Å². The number of hydrogen-bond acceptors (Lipinski definition) is 2. The molecule has 14 aromatic rings. The maximum Gasteiger partial charge on any atom is 0.268 e.